The normalized spacial score (nSPS) is 20.9. The van der Waals surface area contributed by atoms with Crippen LogP contribution in [0, 0.1) is 17.2 Å². The van der Waals surface area contributed by atoms with Crippen molar-refractivity contribution in [1.29, 1.82) is 5.26 Å². The van der Waals surface area contributed by atoms with Gasteiger partial charge in [0.2, 0.25) is 17.7 Å². The van der Waals surface area contributed by atoms with E-state index in [9.17, 15) is 28.0 Å². The molecule has 2 atom stereocenters. The van der Waals surface area contributed by atoms with Crippen molar-refractivity contribution in [2.45, 2.75) is 31.0 Å². The van der Waals surface area contributed by atoms with Gasteiger partial charge in [-0.25, -0.2) is 27.7 Å². The first kappa shape index (κ1) is 24.3. The lowest BCUT2D eigenvalue weighted by Gasteiger charge is -2.36. The molecule has 4 heterocycles. The molecule has 3 aromatic rings. The average molecular weight is 514 g/mol. The predicted molar refractivity (Wildman–Crippen MR) is 122 cm³/mol. The van der Waals surface area contributed by atoms with Gasteiger partial charge in [-0.15, -0.1) is 0 Å². The van der Waals surface area contributed by atoms with Crippen LogP contribution in [0.15, 0.2) is 24.7 Å². The summed E-state index contributed by atoms with van der Waals surface area (Å²) >= 11 is 0. The number of carbonyl (C=O) groups is 2. The van der Waals surface area contributed by atoms with E-state index in [1.54, 1.807) is 0 Å². The number of fused-ring (bicyclic) bond motifs is 1. The van der Waals surface area contributed by atoms with Gasteiger partial charge < -0.3 is 20.7 Å². The van der Waals surface area contributed by atoms with E-state index in [-0.39, 0.29) is 35.9 Å². The summed E-state index contributed by atoms with van der Waals surface area (Å²) in [5, 5.41) is 16.3. The molecule has 3 aromatic heterocycles. The standard InChI is InChI=1S/C23H21F3N8O3/c1-37-21-14(2-12(7-29-21)18-11(6-27)3-17-19(28)30-10-31-34(17)18)20(35)32-16-9-33(8-15(16)24)22(36)13-4-23(25,26)5-13/h2-3,7,10,13,15-16H,4-5,8-9H2,1H3,(H,32,35)(H2,28,30,31)/t15-,16+/m0/s1. The van der Waals surface area contributed by atoms with Gasteiger partial charge >= 0.3 is 0 Å². The number of rotatable bonds is 5. The highest BCUT2D eigenvalue weighted by molar-refractivity contribution is 5.98. The number of halogens is 3. The van der Waals surface area contributed by atoms with E-state index in [0.717, 1.165) is 4.90 Å². The van der Waals surface area contributed by atoms with Crippen molar-refractivity contribution in [3.63, 3.8) is 0 Å². The Kier molecular flexibility index (Phi) is 5.85. The summed E-state index contributed by atoms with van der Waals surface area (Å²) in [5.74, 6) is -4.88. The zero-order valence-corrected chi connectivity index (χ0v) is 19.5. The van der Waals surface area contributed by atoms with Gasteiger partial charge in [-0.2, -0.15) is 10.4 Å². The molecule has 11 nitrogen and oxygen atoms in total. The molecule has 192 valence electrons. The maximum Gasteiger partial charge on any atom is 0.257 e. The Morgan fingerprint density at radius 3 is 2.70 bits per heavy atom. The molecule has 1 aliphatic carbocycles. The van der Waals surface area contributed by atoms with Crippen LogP contribution in [0.2, 0.25) is 0 Å². The molecule has 5 rings (SSSR count). The molecule has 1 saturated carbocycles. The fraction of sp³-hybridized carbons (Fsp3) is 0.391. The lowest BCUT2D eigenvalue weighted by atomic mass is 9.80. The van der Waals surface area contributed by atoms with E-state index >= 15 is 0 Å². The lowest BCUT2D eigenvalue weighted by molar-refractivity contribution is -0.159. The van der Waals surface area contributed by atoms with Crippen LogP contribution in [0.4, 0.5) is 19.0 Å². The minimum Gasteiger partial charge on any atom is -0.480 e. The quantitative estimate of drug-likeness (QED) is 0.521. The number of ether oxygens (including phenoxy) is 1. The Morgan fingerprint density at radius 1 is 1.27 bits per heavy atom. The fourth-order valence-electron chi connectivity index (χ4n) is 4.70. The van der Waals surface area contributed by atoms with E-state index in [0.29, 0.717) is 16.8 Å². The van der Waals surface area contributed by atoms with Crippen LogP contribution < -0.4 is 15.8 Å². The van der Waals surface area contributed by atoms with Gasteiger partial charge in [-0.1, -0.05) is 0 Å². The minimum atomic E-state index is -2.87. The number of hydrogen-bond acceptors (Lipinski definition) is 8. The number of methoxy groups -OCH3 is 1. The van der Waals surface area contributed by atoms with E-state index in [1.807, 2.05) is 0 Å². The van der Waals surface area contributed by atoms with E-state index in [1.165, 1.54) is 36.3 Å². The second-order valence-corrected chi connectivity index (χ2v) is 9.04. The number of amides is 2. The van der Waals surface area contributed by atoms with Crippen LogP contribution in [0.3, 0.4) is 0 Å². The third kappa shape index (κ3) is 4.26. The molecule has 3 N–H and O–H groups in total. The Balaban J connectivity index is 1.39. The minimum absolute atomic E-state index is 0.0449. The van der Waals surface area contributed by atoms with Crippen LogP contribution in [-0.4, -0.2) is 74.6 Å². The first-order valence-corrected chi connectivity index (χ1v) is 11.3. The highest BCUT2D eigenvalue weighted by Gasteiger charge is 2.51. The van der Waals surface area contributed by atoms with Crippen LogP contribution >= 0.6 is 0 Å². The molecule has 2 fully saturated rings. The summed E-state index contributed by atoms with van der Waals surface area (Å²) < 4.78 is 47.7. The molecule has 0 unspecified atom stereocenters. The van der Waals surface area contributed by atoms with Gasteiger partial charge in [0.05, 0.1) is 31.0 Å². The summed E-state index contributed by atoms with van der Waals surface area (Å²) in [6.07, 6.45) is -0.0889. The summed E-state index contributed by atoms with van der Waals surface area (Å²) in [4.78, 5) is 34.9. The molecule has 1 aliphatic heterocycles. The van der Waals surface area contributed by atoms with Crippen molar-refractivity contribution in [1.82, 2.24) is 29.8 Å². The highest BCUT2D eigenvalue weighted by Crippen LogP contribution is 2.43. The Morgan fingerprint density at radius 2 is 2.03 bits per heavy atom. The van der Waals surface area contributed by atoms with Crippen molar-refractivity contribution >= 4 is 23.1 Å². The molecule has 0 spiro atoms. The van der Waals surface area contributed by atoms with Gasteiger partial charge in [0, 0.05) is 37.1 Å². The number of nitrogens with one attached hydrogen (secondary N) is 1. The smallest absolute Gasteiger partial charge is 0.257 e. The first-order chi connectivity index (χ1) is 17.6. The molecule has 14 heteroatoms. The monoisotopic (exact) mass is 514 g/mol. The van der Waals surface area contributed by atoms with Crippen molar-refractivity contribution in [3.05, 3.63) is 35.8 Å². The molecular formula is C23H21F3N8O3. The fourth-order valence-corrected chi connectivity index (χ4v) is 4.70. The molecule has 1 saturated heterocycles. The number of hydrogen-bond donors (Lipinski definition) is 2. The molecule has 2 amide bonds. The number of anilines is 1. The van der Waals surface area contributed by atoms with Crippen LogP contribution in [-0.2, 0) is 4.79 Å². The number of alkyl halides is 3. The zero-order valence-electron chi connectivity index (χ0n) is 19.5. The largest absolute Gasteiger partial charge is 0.480 e. The number of pyridine rings is 1. The molecule has 2 aliphatic rings. The third-order valence-corrected chi connectivity index (χ3v) is 6.60. The zero-order chi connectivity index (χ0) is 26.5. The van der Waals surface area contributed by atoms with Gasteiger partial charge in [-0.3, -0.25) is 9.59 Å². The number of nitrogens with zero attached hydrogens (tertiary/aromatic N) is 6. The van der Waals surface area contributed by atoms with Crippen molar-refractivity contribution < 1.29 is 27.5 Å². The second-order valence-electron chi connectivity index (χ2n) is 9.04. The summed E-state index contributed by atoms with van der Waals surface area (Å²) in [6, 6.07) is 3.92. The predicted octanol–water partition coefficient (Wildman–Crippen LogP) is 1.58. The topological polar surface area (TPSA) is 152 Å². The van der Waals surface area contributed by atoms with E-state index < -0.39 is 48.7 Å². The number of nitrogen functional groups attached to an aromatic ring is 1. The number of likely N-dealkylation sites (tertiary alicyclic amines) is 1. The molecule has 0 bridgehead atoms. The van der Waals surface area contributed by atoms with Crippen molar-refractivity contribution in [3.8, 4) is 23.2 Å². The SMILES string of the molecule is COc1ncc(-c2c(C#N)cc3c(N)ncnn23)cc1C(=O)N[C@@H]1CN(C(=O)C2CC(F)(F)C2)C[C@@H]1F. The Hall–Kier alpha value is -4.41. The highest BCUT2D eigenvalue weighted by atomic mass is 19.3. The number of nitrogens with two attached hydrogens (primary N) is 1. The van der Waals surface area contributed by atoms with Gasteiger partial charge in [-0.05, 0) is 12.1 Å². The molecule has 0 aromatic carbocycles. The van der Waals surface area contributed by atoms with Gasteiger partial charge in [0.15, 0.2) is 5.82 Å². The molecule has 37 heavy (non-hydrogen) atoms. The molecular weight excluding hydrogens is 493 g/mol. The maximum absolute atomic E-state index is 14.7. The maximum atomic E-state index is 14.7. The van der Waals surface area contributed by atoms with Crippen LogP contribution in [0.25, 0.3) is 16.8 Å². The van der Waals surface area contributed by atoms with E-state index in [2.05, 4.69) is 26.5 Å². The summed E-state index contributed by atoms with van der Waals surface area (Å²) in [6.45, 7) is -0.453. The lowest BCUT2D eigenvalue weighted by Crippen LogP contribution is -2.47. The third-order valence-electron chi connectivity index (χ3n) is 6.60. The number of aromatic nitrogens is 4. The van der Waals surface area contributed by atoms with Crippen molar-refractivity contribution in [2.75, 3.05) is 25.9 Å². The van der Waals surface area contributed by atoms with E-state index in [4.69, 9.17) is 10.5 Å². The Labute approximate surface area is 208 Å². The summed E-state index contributed by atoms with van der Waals surface area (Å²) in [7, 11) is 1.31. The molecule has 0 radical (unpaired) electrons. The number of carbonyl (C=O) groups excluding carboxylic acids is 2. The average Bonchev–Trinajstić information content (AvgIpc) is 3.42. The van der Waals surface area contributed by atoms with Crippen LogP contribution in [0.5, 0.6) is 5.88 Å². The first-order valence-electron chi connectivity index (χ1n) is 11.3. The summed E-state index contributed by atoms with van der Waals surface area (Å²) in [5.41, 5.74) is 7.10. The number of nitriles is 1. The van der Waals surface area contributed by atoms with Gasteiger partial charge in [0.1, 0.15) is 29.6 Å². The van der Waals surface area contributed by atoms with Crippen LogP contribution in [0.1, 0.15) is 28.8 Å². The second kappa shape index (κ2) is 8.91. The Bertz CT molecular complexity index is 1440. The van der Waals surface area contributed by atoms with Crippen molar-refractivity contribution in [2.24, 2.45) is 5.92 Å². The van der Waals surface area contributed by atoms with Gasteiger partial charge in [0.25, 0.3) is 5.91 Å².